The number of methoxy groups -OCH3 is 1. The molecule has 0 aliphatic heterocycles. The predicted molar refractivity (Wildman–Crippen MR) is 147 cm³/mol. The van der Waals surface area contributed by atoms with E-state index in [-0.39, 0.29) is 0 Å². The van der Waals surface area contributed by atoms with E-state index in [1.165, 1.54) is 12.1 Å². The van der Waals surface area contributed by atoms with Crippen molar-refractivity contribution >= 4 is 50.5 Å². The minimum absolute atomic E-state index is 0.343. The van der Waals surface area contributed by atoms with Crippen molar-refractivity contribution in [3.8, 4) is 0 Å². The van der Waals surface area contributed by atoms with E-state index in [2.05, 4.69) is 20.9 Å². The minimum Gasteiger partial charge on any atom is -0.467 e. The number of benzene rings is 2. The van der Waals surface area contributed by atoms with Gasteiger partial charge in [-0.05, 0) is 82.8 Å². The van der Waals surface area contributed by atoms with Crippen molar-refractivity contribution in [2.75, 3.05) is 12.1 Å². The molecule has 0 aliphatic rings. The van der Waals surface area contributed by atoms with Gasteiger partial charge >= 0.3 is 18.2 Å². The smallest absolute Gasteiger partial charge is 0.439 e. The van der Waals surface area contributed by atoms with E-state index in [9.17, 15) is 14.4 Å². The number of hydrazine groups is 1. The largest absolute Gasteiger partial charge is 0.467 e. The standard InChI is InChI=1S/C28H32BrN3O6/c1-27(2,3)37-25(34)32(26(35)38-28(4,5)6)31(22-12-11-20-17-30-14-13-18(20)16-22)23(24(33)36-7)19-9-8-10-21(29)15-19/h8-17,23H,1-7H3. The molecule has 0 aliphatic carbocycles. The molecule has 2 aromatic carbocycles. The Kier molecular flexibility index (Phi) is 8.66. The monoisotopic (exact) mass is 585 g/mol. The number of carbonyl (C=O) groups is 3. The second kappa shape index (κ2) is 11.4. The highest BCUT2D eigenvalue weighted by atomic mass is 79.9. The fourth-order valence-electron chi connectivity index (χ4n) is 3.62. The summed E-state index contributed by atoms with van der Waals surface area (Å²) in [5.41, 5.74) is -1.10. The molecule has 3 rings (SSSR count). The fraction of sp³-hybridized carbons (Fsp3) is 0.357. The summed E-state index contributed by atoms with van der Waals surface area (Å²) in [5, 5.41) is 3.56. The van der Waals surface area contributed by atoms with Crippen LogP contribution in [-0.2, 0) is 19.0 Å². The van der Waals surface area contributed by atoms with E-state index in [1.807, 2.05) is 0 Å². The lowest BCUT2D eigenvalue weighted by molar-refractivity contribution is -0.143. The van der Waals surface area contributed by atoms with Crippen molar-refractivity contribution in [2.24, 2.45) is 0 Å². The van der Waals surface area contributed by atoms with Gasteiger partial charge in [0.2, 0.25) is 0 Å². The molecule has 1 heterocycles. The molecule has 202 valence electrons. The number of esters is 1. The molecule has 2 amide bonds. The Bertz CT molecular complexity index is 1300. The van der Waals surface area contributed by atoms with Gasteiger partial charge in [-0.15, -0.1) is 5.01 Å². The van der Waals surface area contributed by atoms with E-state index in [4.69, 9.17) is 14.2 Å². The van der Waals surface area contributed by atoms with Crippen molar-refractivity contribution < 1.29 is 28.6 Å². The molecule has 1 atom stereocenters. The van der Waals surface area contributed by atoms with Crippen molar-refractivity contribution in [1.29, 1.82) is 0 Å². The lowest BCUT2D eigenvalue weighted by atomic mass is 10.0. The zero-order chi connectivity index (χ0) is 28.3. The zero-order valence-electron chi connectivity index (χ0n) is 22.5. The van der Waals surface area contributed by atoms with Crippen LogP contribution in [0.1, 0.15) is 53.1 Å². The third kappa shape index (κ3) is 7.22. The van der Waals surface area contributed by atoms with E-state index < -0.39 is 35.4 Å². The lowest BCUT2D eigenvalue weighted by Gasteiger charge is -2.40. The summed E-state index contributed by atoms with van der Waals surface area (Å²) in [6.07, 6.45) is 1.27. The van der Waals surface area contributed by atoms with Crippen LogP contribution in [0.3, 0.4) is 0 Å². The van der Waals surface area contributed by atoms with E-state index in [1.54, 1.807) is 102 Å². The highest BCUT2D eigenvalue weighted by Gasteiger charge is 2.43. The first kappa shape index (κ1) is 28.9. The maximum absolute atomic E-state index is 13.7. The number of amides is 2. The molecule has 0 spiro atoms. The van der Waals surface area contributed by atoms with Gasteiger partial charge in [0.1, 0.15) is 11.2 Å². The molecule has 0 saturated heterocycles. The van der Waals surface area contributed by atoms with Crippen molar-refractivity contribution in [3.05, 3.63) is 71.0 Å². The molecule has 0 bridgehead atoms. The summed E-state index contributed by atoms with van der Waals surface area (Å²) in [7, 11) is 1.24. The third-order valence-electron chi connectivity index (χ3n) is 5.07. The number of hydrogen-bond acceptors (Lipinski definition) is 8. The van der Waals surface area contributed by atoms with Gasteiger partial charge < -0.3 is 14.2 Å². The van der Waals surface area contributed by atoms with Crippen molar-refractivity contribution in [3.63, 3.8) is 0 Å². The van der Waals surface area contributed by atoms with Gasteiger partial charge in [0, 0.05) is 22.3 Å². The number of halogens is 1. The summed E-state index contributed by atoms with van der Waals surface area (Å²) in [5.74, 6) is -0.713. The van der Waals surface area contributed by atoms with Crippen LogP contribution < -0.4 is 5.01 Å². The SMILES string of the molecule is COC(=O)C(c1cccc(Br)c1)N(c1ccc2cnccc2c1)N(C(=O)OC(C)(C)C)C(=O)OC(C)(C)C. The van der Waals surface area contributed by atoms with Gasteiger partial charge in [0.25, 0.3) is 0 Å². The Morgan fingerprint density at radius 2 is 1.50 bits per heavy atom. The lowest BCUT2D eigenvalue weighted by Crippen LogP contribution is -2.56. The molecular formula is C28H32BrN3O6. The Labute approximate surface area is 230 Å². The second-order valence-electron chi connectivity index (χ2n) is 10.5. The van der Waals surface area contributed by atoms with E-state index in [0.717, 1.165) is 10.8 Å². The molecule has 3 aromatic rings. The number of ether oxygens (including phenoxy) is 3. The number of fused-ring (bicyclic) bond motifs is 1. The quantitative estimate of drug-likeness (QED) is 0.183. The first-order valence-electron chi connectivity index (χ1n) is 11.9. The second-order valence-corrected chi connectivity index (χ2v) is 11.4. The highest BCUT2D eigenvalue weighted by Crippen LogP contribution is 2.35. The van der Waals surface area contributed by atoms with Gasteiger partial charge in [-0.2, -0.15) is 0 Å². The van der Waals surface area contributed by atoms with Gasteiger partial charge in [-0.1, -0.05) is 34.1 Å². The average molecular weight is 586 g/mol. The summed E-state index contributed by atoms with van der Waals surface area (Å²) in [4.78, 5) is 44.9. The fourth-order valence-corrected chi connectivity index (χ4v) is 4.04. The minimum atomic E-state index is -1.27. The number of imide groups is 1. The summed E-state index contributed by atoms with van der Waals surface area (Å²) < 4.78 is 17.1. The average Bonchev–Trinajstić information content (AvgIpc) is 2.81. The van der Waals surface area contributed by atoms with Gasteiger partial charge in [-0.3, -0.25) is 9.99 Å². The molecule has 0 saturated carbocycles. The first-order chi connectivity index (χ1) is 17.7. The van der Waals surface area contributed by atoms with Crippen LogP contribution in [0.4, 0.5) is 15.3 Å². The van der Waals surface area contributed by atoms with E-state index >= 15 is 0 Å². The van der Waals surface area contributed by atoms with Crippen LogP contribution in [0, 0.1) is 0 Å². The zero-order valence-corrected chi connectivity index (χ0v) is 24.1. The third-order valence-corrected chi connectivity index (χ3v) is 5.56. The molecule has 0 N–H and O–H groups in total. The molecule has 0 fully saturated rings. The van der Waals surface area contributed by atoms with Crippen LogP contribution >= 0.6 is 15.9 Å². The molecule has 9 nitrogen and oxygen atoms in total. The van der Waals surface area contributed by atoms with Crippen LogP contribution in [0.5, 0.6) is 0 Å². The Morgan fingerprint density at radius 3 is 2.05 bits per heavy atom. The molecule has 38 heavy (non-hydrogen) atoms. The summed E-state index contributed by atoms with van der Waals surface area (Å²) in [6.45, 7) is 10.1. The number of rotatable bonds is 5. The number of carbonyl (C=O) groups excluding carboxylic acids is 3. The van der Waals surface area contributed by atoms with Crippen LogP contribution in [-0.4, -0.2) is 46.5 Å². The van der Waals surface area contributed by atoms with Crippen LogP contribution in [0.25, 0.3) is 10.8 Å². The van der Waals surface area contributed by atoms with E-state index in [0.29, 0.717) is 20.7 Å². The van der Waals surface area contributed by atoms with Crippen molar-refractivity contribution in [2.45, 2.75) is 58.8 Å². The number of pyridine rings is 1. The molecular weight excluding hydrogens is 554 g/mol. The number of anilines is 1. The normalized spacial score (nSPS) is 12.4. The Hall–Kier alpha value is -3.66. The van der Waals surface area contributed by atoms with Crippen LogP contribution in [0.2, 0.25) is 0 Å². The Balaban J connectivity index is 2.33. The number of aromatic nitrogens is 1. The number of hydrogen-bond donors (Lipinski definition) is 0. The molecule has 10 heteroatoms. The molecule has 1 unspecified atom stereocenters. The number of nitrogens with zero attached hydrogens (tertiary/aromatic N) is 3. The maximum atomic E-state index is 13.7. The van der Waals surface area contributed by atoms with Crippen molar-refractivity contribution in [1.82, 2.24) is 9.99 Å². The van der Waals surface area contributed by atoms with Gasteiger partial charge in [-0.25, -0.2) is 14.4 Å². The van der Waals surface area contributed by atoms with Gasteiger partial charge in [0.05, 0.1) is 12.8 Å². The highest BCUT2D eigenvalue weighted by molar-refractivity contribution is 9.10. The van der Waals surface area contributed by atoms with Gasteiger partial charge in [0.15, 0.2) is 6.04 Å². The topological polar surface area (TPSA) is 98.3 Å². The van der Waals surface area contributed by atoms with Crippen LogP contribution in [0.15, 0.2) is 65.4 Å². The molecule has 0 radical (unpaired) electrons. The Morgan fingerprint density at radius 1 is 0.868 bits per heavy atom. The summed E-state index contributed by atoms with van der Waals surface area (Å²) >= 11 is 3.44. The molecule has 1 aromatic heterocycles. The first-order valence-corrected chi connectivity index (χ1v) is 12.7. The predicted octanol–water partition coefficient (Wildman–Crippen LogP) is 6.81. The summed E-state index contributed by atoms with van der Waals surface area (Å²) in [6, 6.07) is 12.7. The maximum Gasteiger partial charge on any atom is 0.439 e.